The van der Waals surface area contributed by atoms with E-state index in [9.17, 15) is 0 Å². The van der Waals surface area contributed by atoms with Crippen molar-refractivity contribution in [3.05, 3.63) is 45.7 Å². The van der Waals surface area contributed by atoms with Crippen molar-refractivity contribution in [1.82, 2.24) is 0 Å². The summed E-state index contributed by atoms with van der Waals surface area (Å²) in [4.78, 5) is 1.49. The van der Waals surface area contributed by atoms with Gasteiger partial charge in [-0.25, -0.2) is 11.6 Å². The fourth-order valence-electron chi connectivity index (χ4n) is 2.34. The number of hydrogen-bond donors (Lipinski definition) is 0. The number of halogens is 2. The molecule has 0 saturated heterocycles. The summed E-state index contributed by atoms with van der Waals surface area (Å²) in [5.74, 6) is 0. The van der Waals surface area contributed by atoms with Gasteiger partial charge in [0.05, 0.1) is 0 Å². The summed E-state index contributed by atoms with van der Waals surface area (Å²) in [6.45, 7) is 11.5. The van der Waals surface area contributed by atoms with Crippen molar-refractivity contribution in [2.75, 3.05) is 0 Å². The Balaban J connectivity index is 0. The van der Waals surface area contributed by atoms with Crippen LogP contribution in [0.25, 0.3) is 0 Å². The molecule has 0 amide bonds. The number of thiophene rings is 1. The van der Waals surface area contributed by atoms with Crippen LogP contribution in [-0.4, -0.2) is 0 Å². The molecule has 0 unspecified atom stereocenters. The third kappa shape index (κ3) is 4.48. The second-order valence-electron chi connectivity index (χ2n) is 6.24. The third-order valence-corrected chi connectivity index (χ3v) is 4.65. The Kier molecular flexibility index (Phi) is 9.33. The minimum absolute atomic E-state index is 0. The van der Waals surface area contributed by atoms with Crippen LogP contribution in [-0.2, 0) is 32.5 Å². The maximum atomic E-state index is 3.48. The van der Waals surface area contributed by atoms with Crippen molar-refractivity contribution < 1.29 is 21.7 Å². The van der Waals surface area contributed by atoms with E-state index < -0.39 is 0 Å². The molecule has 0 nitrogen and oxygen atoms in total. The summed E-state index contributed by atoms with van der Waals surface area (Å²) in [6, 6.07) is 2.28. The maximum Gasteiger partial charge on any atom is 0.0152 e. The smallest absolute Gasteiger partial charge is 0.0152 e. The molecule has 0 N–H and O–H groups in total. The topological polar surface area (TPSA) is 0 Å². The number of allylic oxidation sites excluding steroid dienone is 4. The fraction of sp³-hybridized carbons (Fsp3) is 0.500. The van der Waals surface area contributed by atoms with Crippen LogP contribution in [0.1, 0.15) is 51.5 Å². The SMILES string of the molecule is CC(C)(C)c1ccsc1C(C)(C)C1=[C-]CC=C1.Cl.Cl.[Ti]. The van der Waals surface area contributed by atoms with Crippen LogP contribution >= 0.6 is 36.2 Å². The molecule has 0 aromatic carbocycles. The molecule has 4 heteroatoms. The molecule has 0 aliphatic heterocycles. The molecule has 1 aromatic rings. The quantitative estimate of drug-likeness (QED) is 0.455. The molecule has 0 spiro atoms. The Morgan fingerprint density at radius 3 is 2.15 bits per heavy atom. The van der Waals surface area contributed by atoms with E-state index >= 15 is 0 Å². The fourth-order valence-corrected chi connectivity index (χ4v) is 3.59. The Morgan fingerprint density at radius 1 is 1.10 bits per heavy atom. The van der Waals surface area contributed by atoms with E-state index in [1.165, 1.54) is 16.0 Å². The zero-order valence-electron chi connectivity index (χ0n) is 12.7. The van der Waals surface area contributed by atoms with Crippen LogP contribution in [0.5, 0.6) is 0 Å². The molecule has 1 aromatic heterocycles. The average Bonchev–Trinajstić information content (AvgIpc) is 2.89. The van der Waals surface area contributed by atoms with Gasteiger partial charge < -0.3 is 0 Å². The van der Waals surface area contributed by atoms with Crippen molar-refractivity contribution in [3.8, 4) is 0 Å². The van der Waals surface area contributed by atoms with Gasteiger partial charge >= 0.3 is 0 Å². The molecule has 1 aliphatic carbocycles. The molecule has 0 fully saturated rings. The molecule has 20 heavy (non-hydrogen) atoms. The van der Waals surface area contributed by atoms with Crippen molar-refractivity contribution in [1.29, 1.82) is 0 Å². The van der Waals surface area contributed by atoms with Gasteiger partial charge in [0.1, 0.15) is 0 Å². The van der Waals surface area contributed by atoms with Crippen LogP contribution < -0.4 is 0 Å². The van der Waals surface area contributed by atoms with E-state index in [0.29, 0.717) is 0 Å². The molecule has 0 bridgehead atoms. The van der Waals surface area contributed by atoms with Gasteiger partial charge in [0.25, 0.3) is 0 Å². The van der Waals surface area contributed by atoms with Crippen LogP contribution in [0.4, 0.5) is 0 Å². The van der Waals surface area contributed by atoms with E-state index in [2.05, 4.69) is 64.3 Å². The Hall–Kier alpha value is 0.474. The second-order valence-corrected chi connectivity index (χ2v) is 7.15. The van der Waals surface area contributed by atoms with E-state index in [0.717, 1.165) is 6.42 Å². The summed E-state index contributed by atoms with van der Waals surface area (Å²) in [7, 11) is 0. The first kappa shape index (κ1) is 22.8. The normalized spacial score (nSPS) is 13.9. The van der Waals surface area contributed by atoms with Gasteiger partial charge in [-0.15, -0.1) is 42.6 Å². The minimum Gasteiger partial charge on any atom is -0.269 e. The maximum absolute atomic E-state index is 3.48. The summed E-state index contributed by atoms with van der Waals surface area (Å²) in [6.07, 6.45) is 8.87. The van der Waals surface area contributed by atoms with Crippen LogP contribution in [0, 0.1) is 6.08 Å². The minimum atomic E-state index is 0. The van der Waals surface area contributed by atoms with Gasteiger partial charge in [-0.3, -0.25) is 6.08 Å². The monoisotopic (exact) mass is 365 g/mol. The van der Waals surface area contributed by atoms with Gasteiger partial charge in [-0.1, -0.05) is 34.6 Å². The summed E-state index contributed by atoms with van der Waals surface area (Å²) >= 11 is 1.88. The number of hydrogen-bond acceptors (Lipinski definition) is 1. The Labute approximate surface area is 154 Å². The molecule has 0 radical (unpaired) electrons. The van der Waals surface area contributed by atoms with Gasteiger partial charge in [0.15, 0.2) is 0 Å². The van der Waals surface area contributed by atoms with Crippen LogP contribution in [0.3, 0.4) is 0 Å². The van der Waals surface area contributed by atoms with Crippen molar-refractivity contribution in [2.45, 2.75) is 51.9 Å². The van der Waals surface area contributed by atoms with E-state index in [1.807, 2.05) is 11.3 Å². The average molecular weight is 366 g/mol. The van der Waals surface area contributed by atoms with Crippen molar-refractivity contribution in [3.63, 3.8) is 0 Å². The predicted octanol–water partition coefficient (Wildman–Crippen LogP) is 5.85. The number of rotatable bonds is 2. The second kappa shape index (κ2) is 8.20. The molecule has 2 rings (SSSR count). The van der Waals surface area contributed by atoms with Crippen molar-refractivity contribution in [2.24, 2.45) is 0 Å². The van der Waals surface area contributed by atoms with Gasteiger partial charge in [0, 0.05) is 26.6 Å². The molecule has 0 saturated carbocycles. The summed E-state index contributed by atoms with van der Waals surface area (Å²) < 4.78 is 0. The first-order valence-electron chi connectivity index (χ1n) is 6.20. The largest absolute Gasteiger partial charge is 0.269 e. The first-order chi connectivity index (χ1) is 7.83. The predicted molar refractivity (Wildman–Crippen MR) is 91.1 cm³/mol. The van der Waals surface area contributed by atoms with Gasteiger partial charge in [-0.2, -0.15) is 6.08 Å². The zero-order valence-corrected chi connectivity index (χ0v) is 16.8. The molecular formula is C16H23Cl2STi-. The van der Waals surface area contributed by atoms with E-state index in [1.54, 1.807) is 0 Å². The Bertz CT molecular complexity index is 479. The van der Waals surface area contributed by atoms with E-state index in [4.69, 9.17) is 0 Å². The Morgan fingerprint density at radius 2 is 1.70 bits per heavy atom. The van der Waals surface area contributed by atoms with Crippen molar-refractivity contribution >= 4 is 36.2 Å². The third-order valence-electron chi connectivity index (χ3n) is 3.41. The summed E-state index contributed by atoms with van der Waals surface area (Å²) in [5, 5.41) is 2.22. The van der Waals surface area contributed by atoms with E-state index in [-0.39, 0.29) is 57.4 Å². The summed E-state index contributed by atoms with van der Waals surface area (Å²) in [5.41, 5.74) is 3.12. The van der Waals surface area contributed by atoms with Crippen LogP contribution in [0.15, 0.2) is 29.2 Å². The first-order valence-corrected chi connectivity index (χ1v) is 7.08. The molecule has 112 valence electrons. The van der Waals surface area contributed by atoms with Gasteiger partial charge in [0.2, 0.25) is 0 Å². The standard InChI is InChI=1S/C16H21S.2ClH.Ti/c1-15(2,3)13-10-11-17-14(13)16(4,5)12-8-6-7-9-12;;;/h6,8,10-11H,7H2,1-5H3;2*1H;/q-1;;;. The van der Waals surface area contributed by atoms with Crippen LogP contribution in [0.2, 0.25) is 0 Å². The molecule has 1 heterocycles. The molecule has 1 aliphatic rings. The molecular weight excluding hydrogens is 343 g/mol. The zero-order chi connectivity index (χ0) is 12.7. The molecule has 0 atom stereocenters. The van der Waals surface area contributed by atoms with Gasteiger partial charge in [-0.05, 0) is 27.8 Å².